The largest absolute Gasteiger partial charge is 0.391 e. The summed E-state index contributed by atoms with van der Waals surface area (Å²) in [5, 5.41) is 16.2. The third kappa shape index (κ3) is 4.24. The lowest BCUT2D eigenvalue weighted by Crippen LogP contribution is -2.53. The Bertz CT molecular complexity index is 1300. The maximum Gasteiger partial charge on any atom is 0.254 e. The van der Waals surface area contributed by atoms with E-state index < -0.39 is 5.60 Å². The SMILES string of the molecule is CNC1=c2ccc(-c3ccc(C(=O)N4CCN(C(=O)C5(O)CC5)CC4)cc3Cl)cc2=CC=CC1. The van der Waals surface area contributed by atoms with E-state index in [1.807, 2.05) is 19.2 Å². The van der Waals surface area contributed by atoms with Crippen molar-refractivity contribution in [1.82, 2.24) is 15.1 Å². The number of benzene rings is 2. The van der Waals surface area contributed by atoms with E-state index in [0.717, 1.165) is 22.8 Å². The second-order valence-electron chi connectivity index (χ2n) is 9.14. The Balaban J connectivity index is 1.33. The molecule has 0 radical (unpaired) electrons. The van der Waals surface area contributed by atoms with Crippen molar-refractivity contribution in [3.8, 4) is 11.1 Å². The summed E-state index contributed by atoms with van der Waals surface area (Å²) in [6.45, 7) is 1.76. The van der Waals surface area contributed by atoms with E-state index in [2.05, 4.69) is 41.7 Å². The van der Waals surface area contributed by atoms with Crippen LogP contribution in [-0.4, -0.2) is 65.5 Å². The predicted octanol–water partition coefficient (Wildman–Crippen LogP) is 1.88. The van der Waals surface area contributed by atoms with Crippen LogP contribution >= 0.6 is 11.6 Å². The number of halogens is 1. The van der Waals surface area contributed by atoms with Crippen LogP contribution in [0, 0.1) is 0 Å². The van der Waals surface area contributed by atoms with Crippen LogP contribution in [0.25, 0.3) is 22.9 Å². The third-order valence-corrected chi connectivity index (χ3v) is 7.23. The normalized spacial score (nSPS) is 18.6. The molecular weight excluding hydrogens is 450 g/mol. The van der Waals surface area contributed by atoms with Crippen LogP contribution in [0.15, 0.2) is 48.6 Å². The van der Waals surface area contributed by atoms with Gasteiger partial charge >= 0.3 is 0 Å². The van der Waals surface area contributed by atoms with Crippen LogP contribution < -0.4 is 15.8 Å². The lowest BCUT2D eigenvalue weighted by atomic mass is 10.0. The molecule has 1 saturated carbocycles. The highest BCUT2D eigenvalue weighted by molar-refractivity contribution is 6.33. The Morgan fingerprint density at radius 2 is 1.76 bits per heavy atom. The van der Waals surface area contributed by atoms with Gasteiger partial charge in [0.2, 0.25) is 0 Å². The van der Waals surface area contributed by atoms with Crippen molar-refractivity contribution in [3.05, 3.63) is 69.6 Å². The molecule has 176 valence electrons. The molecule has 0 unspecified atom stereocenters. The van der Waals surface area contributed by atoms with Crippen molar-refractivity contribution in [2.75, 3.05) is 33.2 Å². The number of carbonyl (C=O) groups is 2. The van der Waals surface area contributed by atoms with Crippen molar-refractivity contribution in [2.45, 2.75) is 24.9 Å². The molecule has 0 aromatic heterocycles. The molecule has 0 bridgehead atoms. The lowest BCUT2D eigenvalue weighted by Gasteiger charge is -2.35. The Labute approximate surface area is 203 Å². The lowest BCUT2D eigenvalue weighted by molar-refractivity contribution is -0.143. The van der Waals surface area contributed by atoms with E-state index in [9.17, 15) is 14.7 Å². The fourth-order valence-corrected chi connectivity index (χ4v) is 4.94. The van der Waals surface area contributed by atoms with E-state index in [1.54, 1.807) is 15.9 Å². The van der Waals surface area contributed by atoms with Crippen molar-refractivity contribution in [2.24, 2.45) is 0 Å². The van der Waals surface area contributed by atoms with E-state index in [1.165, 1.54) is 10.9 Å². The van der Waals surface area contributed by atoms with Crippen molar-refractivity contribution >= 4 is 35.2 Å². The minimum absolute atomic E-state index is 0.0978. The molecule has 2 aromatic carbocycles. The predicted molar refractivity (Wildman–Crippen MR) is 133 cm³/mol. The molecule has 3 aliphatic rings. The molecule has 2 N–H and O–H groups in total. The Kier molecular flexibility index (Phi) is 5.96. The number of carbonyl (C=O) groups excluding carboxylic acids is 2. The maximum absolute atomic E-state index is 13.1. The highest BCUT2D eigenvalue weighted by Gasteiger charge is 2.50. The van der Waals surface area contributed by atoms with Crippen LogP contribution in [0.1, 0.15) is 29.6 Å². The van der Waals surface area contributed by atoms with Crippen molar-refractivity contribution in [3.63, 3.8) is 0 Å². The quantitative estimate of drug-likeness (QED) is 0.705. The Hall–Kier alpha value is -3.09. The zero-order valence-corrected chi connectivity index (χ0v) is 19.9. The first-order valence-electron chi connectivity index (χ1n) is 11.7. The first-order valence-corrected chi connectivity index (χ1v) is 12.1. The summed E-state index contributed by atoms with van der Waals surface area (Å²) in [4.78, 5) is 28.8. The zero-order valence-electron chi connectivity index (χ0n) is 19.2. The number of hydrogen-bond acceptors (Lipinski definition) is 4. The summed E-state index contributed by atoms with van der Waals surface area (Å²) in [5.41, 5.74) is 2.42. The molecular formula is C27H28ClN3O3. The van der Waals surface area contributed by atoms with Crippen LogP contribution in [0.3, 0.4) is 0 Å². The van der Waals surface area contributed by atoms with Gasteiger partial charge in [-0.1, -0.05) is 48.0 Å². The van der Waals surface area contributed by atoms with Crippen LogP contribution in [0.4, 0.5) is 0 Å². The van der Waals surface area contributed by atoms with Gasteiger partial charge < -0.3 is 20.2 Å². The van der Waals surface area contributed by atoms with Crippen LogP contribution in [0.5, 0.6) is 0 Å². The number of piperazine rings is 1. The highest BCUT2D eigenvalue weighted by Crippen LogP contribution is 2.37. The smallest absolute Gasteiger partial charge is 0.254 e. The summed E-state index contributed by atoms with van der Waals surface area (Å²) in [6, 6.07) is 11.7. The van der Waals surface area contributed by atoms with E-state index in [0.29, 0.717) is 49.6 Å². The number of rotatable bonds is 4. The van der Waals surface area contributed by atoms with Crippen LogP contribution in [-0.2, 0) is 4.79 Å². The minimum Gasteiger partial charge on any atom is -0.391 e. The number of amides is 2. The van der Waals surface area contributed by atoms with E-state index in [-0.39, 0.29) is 11.8 Å². The third-order valence-electron chi connectivity index (χ3n) is 6.92. The van der Waals surface area contributed by atoms with Gasteiger partial charge in [0.05, 0.1) is 0 Å². The van der Waals surface area contributed by atoms with Gasteiger partial charge in [-0.3, -0.25) is 9.59 Å². The molecule has 5 rings (SSSR count). The molecule has 34 heavy (non-hydrogen) atoms. The number of allylic oxidation sites excluding steroid dienone is 1. The average Bonchev–Trinajstić information content (AvgIpc) is 3.65. The molecule has 2 fully saturated rings. The molecule has 0 atom stereocenters. The molecule has 1 saturated heterocycles. The van der Waals surface area contributed by atoms with Gasteiger partial charge in [-0.15, -0.1) is 0 Å². The summed E-state index contributed by atoms with van der Waals surface area (Å²) in [7, 11) is 1.94. The molecule has 7 heteroatoms. The van der Waals surface area contributed by atoms with Gasteiger partial charge in [-0.05, 0) is 41.8 Å². The molecule has 1 aliphatic heterocycles. The van der Waals surface area contributed by atoms with Gasteiger partial charge in [-0.2, -0.15) is 0 Å². The summed E-state index contributed by atoms with van der Waals surface area (Å²) in [6.07, 6.45) is 8.21. The first kappa shape index (κ1) is 22.7. The van der Waals surface area contributed by atoms with Gasteiger partial charge in [0, 0.05) is 66.7 Å². The minimum atomic E-state index is -1.16. The monoisotopic (exact) mass is 477 g/mol. The molecule has 2 aromatic rings. The fourth-order valence-electron chi connectivity index (χ4n) is 4.65. The second kappa shape index (κ2) is 8.93. The summed E-state index contributed by atoms with van der Waals surface area (Å²) in [5.74, 6) is -0.306. The molecule has 1 heterocycles. The summed E-state index contributed by atoms with van der Waals surface area (Å²) < 4.78 is 0. The van der Waals surface area contributed by atoms with E-state index in [4.69, 9.17) is 11.6 Å². The molecule has 6 nitrogen and oxygen atoms in total. The van der Waals surface area contributed by atoms with Gasteiger partial charge in [0.15, 0.2) is 0 Å². The number of aliphatic hydroxyl groups is 1. The van der Waals surface area contributed by atoms with Gasteiger partial charge in [0.1, 0.15) is 5.60 Å². The topological polar surface area (TPSA) is 72.9 Å². The fraction of sp³-hybridized carbons (Fsp3) is 0.333. The van der Waals surface area contributed by atoms with E-state index >= 15 is 0 Å². The number of fused-ring (bicyclic) bond motifs is 1. The molecule has 0 spiro atoms. The average molecular weight is 478 g/mol. The Morgan fingerprint density at radius 1 is 1.03 bits per heavy atom. The molecule has 2 aliphatic carbocycles. The van der Waals surface area contributed by atoms with Crippen molar-refractivity contribution in [1.29, 1.82) is 0 Å². The molecule has 2 amide bonds. The Morgan fingerprint density at radius 3 is 2.44 bits per heavy atom. The maximum atomic E-state index is 13.1. The van der Waals surface area contributed by atoms with Crippen molar-refractivity contribution < 1.29 is 14.7 Å². The first-order chi connectivity index (χ1) is 16.4. The van der Waals surface area contributed by atoms with Gasteiger partial charge in [-0.25, -0.2) is 0 Å². The number of hydrogen-bond donors (Lipinski definition) is 2. The number of nitrogens with zero attached hydrogens (tertiary/aromatic N) is 2. The summed E-state index contributed by atoms with van der Waals surface area (Å²) >= 11 is 6.65. The highest BCUT2D eigenvalue weighted by atomic mass is 35.5. The number of nitrogens with one attached hydrogen (secondary N) is 1. The van der Waals surface area contributed by atoms with Crippen LogP contribution in [0.2, 0.25) is 5.02 Å². The zero-order chi connectivity index (χ0) is 23.9. The standard InChI is InChI=1S/C27H28ClN3O3/c1-29-24-5-3-2-4-18-16-19(6-9-22(18)24)21-8-7-20(17-23(21)28)25(32)30-12-14-31(15-13-30)26(33)27(34)10-11-27/h2-4,6-9,16-17,29,34H,5,10-15H2,1H3. The second-order valence-corrected chi connectivity index (χ2v) is 9.55. The van der Waals surface area contributed by atoms with Gasteiger partial charge in [0.25, 0.3) is 11.8 Å².